The molecule has 0 saturated carbocycles. The molecule has 0 aromatic rings. The van der Waals surface area contributed by atoms with Crippen LogP contribution in [0.15, 0.2) is 0 Å². The van der Waals surface area contributed by atoms with Gasteiger partial charge < -0.3 is 20.7 Å². The zero-order valence-corrected chi connectivity index (χ0v) is 7.27. The van der Waals surface area contributed by atoms with E-state index in [1.165, 1.54) is 7.11 Å². The first-order valence-electron chi connectivity index (χ1n) is 3.69. The van der Waals surface area contributed by atoms with E-state index in [4.69, 9.17) is 15.9 Å². The zero-order valence-electron chi connectivity index (χ0n) is 7.27. The molecule has 4 N–H and O–H groups in total. The molecule has 0 aromatic heterocycles. The Balaban J connectivity index is 4.09. The Morgan fingerprint density at radius 3 is 2.23 bits per heavy atom. The average molecular weight is 191 g/mol. The molecule has 6 nitrogen and oxygen atoms in total. The molecular weight excluding hydrogens is 178 g/mol. The van der Waals surface area contributed by atoms with Gasteiger partial charge in [0.05, 0.1) is 12.5 Å². The van der Waals surface area contributed by atoms with Gasteiger partial charge in [-0.3, -0.25) is 9.59 Å². The van der Waals surface area contributed by atoms with Crippen molar-refractivity contribution in [3.63, 3.8) is 0 Å². The van der Waals surface area contributed by atoms with Gasteiger partial charge in [-0.1, -0.05) is 0 Å². The molecule has 0 fully saturated rings. The third kappa shape index (κ3) is 4.44. The number of aliphatic carboxylic acids is 2. The number of hydrogen-bond acceptors (Lipinski definition) is 4. The molecule has 0 heterocycles. The second-order valence-corrected chi connectivity index (χ2v) is 2.67. The fourth-order valence-electron chi connectivity index (χ4n) is 0.849. The van der Waals surface area contributed by atoms with E-state index in [-0.39, 0.29) is 13.0 Å². The van der Waals surface area contributed by atoms with E-state index in [9.17, 15) is 9.59 Å². The van der Waals surface area contributed by atoms with Crippen LogP contribution in [0.1, 0.15) is 6.42 Å². The number of nitrogens with two attached hydrogens (primary N) is 1. The highest BCUT2D eigenvalue weighted by molar-refractivity contribution is 5.75. The lowest BCUT2D eigenvalue weighted by molar-refractivity contribution is -0.145. The third-order valence-electron chi connectivity index (χ3n) is 1.57. The molecule has 0 radical (unpaired) electrons. The maximum atomic E-state index is 10.5. The first-order chi connectivity index (χ1) is 5.99. The van der Waals surface area contributed by atoms with Gasteiger partial charge in [-0.15, -0.1) is 0 Å². The van der Waals surface area contributed by atoms with Gasteiger partial charge in [0.25, 0.3) is 0 Å². The summed E-state index contributed by atoms with van der Waals surface area (Å²) >= 11 is 0. The van der Waals surface area contributed by atoms with Crippen LogP contribution in [0.4, 0.5) is 0 Å². The van der Waals surface area contributed by atoms with Crippen LogP contribution in [-0.2, 0) is 14.3 Å². The van der Waals surface area contributed by atoms with Gasteiger partial charge in [-0.25, -0.2) is 0 Å². The van der Waals surface area contributed by atoms with Crippen molar-refractivity contribution >= 4 is 11.9 Å². The fraction of sp³-hybridized carbons (Fsp3) is 0.714. The number of carboxylic acids is 2. The van der Waals surface area contributed by atoms with Gasteiger partial charge >= 0.3 is 11.9 Å². The van der Waals surface area contributed by atoms with E-state index >= 15 is 0 Å². The summed E-state index contributed by atoms with van der Waals surface area (Å²) in [4.78, 5) is 20.8. The predicted molar refractivity (Wildman–Crippen MR) is 43.2 cm³/mol. The largest absolute Gasteiger partial charge is 0.481 e. The van der Waals surface area contributed by atoms with E-state index < -0.39 is 23.9 Å². The molecule has 13 heavy (non-hydrogen) atoms. The van der Waals surface area contributed by atoms with Crippen LogP contribution in [0.2, 0.25) is 0 Å². The molecular formula is C7H13NO5. The Bertz CT molecular complexity index is 193. The Morgan fingerprint density at radius 1 is 1.38 bits per heavy atom. The minimum atomic E-state index is -1.21. The summed E-state index contributed by atoms with van der Waals surface area (Å²) in [5, 5.41) is 17.0. The highest BCUT2D eigenvalue weighted by Gasteiger charge is 2.23. The number of ether oxygens (including phenoxy) is 1. The highest BCUT2D eigenvalue weighted by Crippen LogP contribution is 2.06. The summed E-state index contributed by atoms with van der Waals surface area (Å²) in [5.74, 6) is -3.17. The molecule has 0 aliphatic heterocycles. The Kier molecular flexibility index (Phi) is 5.01. The molecule has 0 bridgehead atoms. The summed E-state index contributed by atoms with van der Waals surface area (Å²) in [6, 6.07) is -1.16. The number of methoxy groups -OCH3 is 1. The van der Waals surface area contributed by atoms with Crippen molar-refractivity contribution in [3.8, 4) is 0 Å². The second kappa shape index (κ2) is 5.50. The monoisotopic (exact) mass is 191 g/mol. The van der Waals surface area contributed by atoms with Gasteiger partial charge in [-0.05, 0) is 6.42 Å². The van der Waals surface area contributed by atoms with Gasteiger partial charge in [-0.2, -0.15) is 0 Å². The van der Waals surface area contributed by atoms with E-state index in [0.717, 1.165) is 0 Å². The lowest BCUT2D eigenvalue weighted by atomic mass is 10.0. The molecule has 2 atom stereocenters. The van der Waals surface area contributed by atoms with Crippen LogP contribution >= 0.6 is 0 Å². The Morgan fingerprint density at radius 2 is 1.92 bits per heavy atom. The topological polar surface area (TPSA) is 110 Å². The highest BCUT2D eigenvalue weighted by atomic mass is 16.5. The fourth-order valence-corrected chi connectivity index (χ4v) is 0.849. The van der Waals surface area contributed by atoms with E-state index in [2.05, 4.69) is 4.74 Å². The summed E-state index contributed by atoms with van der Waals surface area (Å²) in [7, 11) is 1.35. The van der Waals surface area contributed by atoms with Crippen LogP contribution in [0.3, 0.4) is 0 Å². The van der Waals surface area contributed by atoms with Crippen LogP contribution in [0.5, 0.6) is 0 Å². The van der Waals surface area contributed by atoms with E-state index in [0.29, 0.717) is 0 Å². The van der Waals surface area contributed by atoms with Gasteiger partial charge in [0.1, 0.15) is 6.04 Å². The molecule has 0 aromatic carbocycles. The summed E-state index contributed by atoms with van der Waals surface area (Å²) in [6.07, 6.45) is -0.126. The van der Waals surface area contributed by atoms with Crippen molar-refractivity contribution in [2.75, 3.05) is 13.7 Å². The lowest BCUT2D eigenvalue weighted by Gasteiger charge is -2.13. The molecule has 0 amide bonds. The Hall–Kier alpha value is -1.14. The van der Waals surface area contributed by atoms with Crippen molar-refractivity contribution in [2.45, 2.75) is 12.5 Å². The van der Waals surface area contributed by atoms with E-state index in [1.54, 1.807) is 0 Å². The molecule has 0 saturated heterocycles. The molecule has 0 spiro atoms. The number of carbonyl (C=O) groups is 2. The SMILES string of the molecule is COC[C@@H](C[C@H](N)C(=O)O)C(=O)O. The molecule has 76 valence electrons. The quantitative estimate of drug-likeness (QED) is 0.503. The summed E-state index contributed by atoms with van der Waals surface area (Å²) < 4.78 is 4.62. The van der Waals surface area contributed by atoms with Crippen LogP contribution in [0, 0.1) is 5.92 Å². The van der Waals surface area contributed by atoms with Crippen molar-refractivity contribution in [3.05, 3.63) is 0 Å². The van der Waals surface area contributed by atoms with E-state index in [1.807, 2.05) is 0 Å². The first kappa shape index (κ1) is 11.9. The lowest BCUT2D eigenvalue weighted by Crippen LogP contribution is -2.35. The predicted octanol–water partition coefficient (Wildman–Crippen LogP) is -0.864. The van der Waals surface area contributed by atoms with Gasteiger partial charge in [0.2, 0.25) is 0 Å². The molecule has 0 rings (SSSR count). The number of hydrogen-bond donors (Lipinski definition) is 3. The third-order valence-corrected chi connectivity index (χ3v) is 1.57. The minimum absolute atomic E-state index is 0.0314. The molecule has 0 aliphatic rings. The van der Waals surface area contributed by atoms with Crippen molar-refractivity contribution in [1.29, 1.82) is 0 Å². The smallest absolute Gasteiger partial charge is 0.320 e. The minimum Gasteiger partial charge on any atom is -0.481 e. The van der Waals surface area contributed by atoms with Crippen LogP contribution in [-0.4, -0.2) is 41.9 Å². The van der Waals surface area contributed by atoms with Crippen LogP contribution < -0.4 is 5.73 Å². The zero-order chi connectivity index (χ0) is 10.4. The van der Waals surface area contributed by atoms with Gasteiger partial charge in [0.15, 0.2) is 0 Å². The summed E-state index contributed by atoms with van der Waals surface area (Å²) in [6.45, 7) is -0.0314. The van der Waals surface area contributed by atoms with Crippen molar-refractivity contribution in [1.82, 2.24) is 0 Å². The normalized spacial score (nSPS) is 14.9. The molecule has 6 heteroatoms. The second-order valence-electron chi connectivity index (χ2n) is 2.67. The van der Waals surface area contributed by atoms with Gasteiger partial charge in [0, 0.05) is 7.11 Å². The standard InChI is InChI=1S/C7H13NO5/c1-13-3-4(6(9)10)2-5(8)7(11)12/h4-5H,2-3,8H2,1H3,(H,9,10)(H,11,12)/t4-,5+/m1/s1. The number of rotatable bonds is 6. The summed E-state index contributed by atoms with van der Waals surface area (Å²) in [5.41, 5.74) is 5.17. The number of carboxylic acid groups (broad SMARTS) is 2. The molecule has 0 unspecified atom stereocenters. The van der Waals surface area contributed by atoms with Crippen LogP contribution in [0.25, 0.3) is 0 Å². The average Bonchev–Trinajstić information content (AvgIpc) is 2.03. The van der Waals surface area contributed by atoms with Crippen molar-refractivity contribution in [2.24, 2.45) is 11.7 Å². The van der Waals surface area contributed by atoms with Crippen molar-refractivity contribution < 1.29 is 24.5 Å². The first-order valence-corrected chi connectivity index (χ1v) is 3.69. The maximum Gasteiger partial charge on any atom is 0.320 e. The Labute approximate surface area is 75.3 Å². The maximum absolute atomic E-state index is 10.5. The molecule has 0 aliphatic carbocycles.